The van der Waals surface area contributed by atoms with E-state index >= 15 is 0 Å². The Morgan fingerprint density at radius 3 is 2.70 bits per heavy atom. The number of rotatable bonds is 6. The summed E-state index contributed by atoms with van der Waals surface area (Å²) in [6.45, 7) is 0.174. The van der Waals surface area contributed by atoms with Gasteiger partial charge in [-0.2, -0.15) is 0 Å². The fraction of sp³-hybridized carbons (Fsp3) is 0.231. The summed E-state index contributed by atoms with van der Waals surface area (Å²) in [5.74, 6) is 0.0894. The van der Waals surface area contributed by atoms with Crippen LogP contribution in [0.2, 0.25) is 0 Å². The van der Waals surface area contributed by atoms with Crippen LogP contribution in [-0.4, -0.2) is 32.4 Å². The summed E-state index contributed by atoms with van der Waals surface area (Å²) in [7, 11) is 2.87. The molecule has 20 heavy (non-hydrogen) atoms. The zero-order chi connectivity index (χ0) is 15.0. The van der Waals surface area contributed by atoms with Crippen LogP contribution in [0.4, 0.5) is 0 Å². The first-order chi connectivity index (χ1) is 9.60. The summed E-state index contributed by atoms with van der Waals surface area (Å²) in [6.07, 6.45) is 1.49. The summed E-state index contributed by atoms with van der Waals surface area (Å²) in [5.41, 5.74) is 0.624. The predicted molar refractivity (Wildman–Crippen MR) is 79.3 cm³/mol. The Balaban J connectivity index is 3.07. The van der Waals surface area contributed by atoms with Gasteiger partial charge in [-0.25, -0.2) is 0 Å². The molecule has 0 heterocycles. The Kier molecular flexibility index (Phi) is 6.90. The molecule has 108 valence electrons. The van der Waals surface area contributed by atoms with E-state index < -0.39 is 0 Å². The zero-order valence-corrected chi connectivity index (χ0v) is 12.5. The maximum atomic E-state index is 11.8. The molecule has 0 atom stereocenters. The molecule has 0 saturated heterocycles. The van der Waals surface area contributed by atoms with Crippen molar-refractivity contribution in [1.82, 2.24) is 5.32 Å². The first-order valence-corrected chi connectivity index (χ1v) is 6.42. The van der Waals surface area contributed by atoms with Crippen molar-refractivity contribution in [3.05, 3.63) is 40.4 Å². The molecule has 0 saturated carbocycles. The summed E-state index contributed by atoms with van der Waals surface area (Å²) >= 11 is 11.0. The maximum Gasteiger partial charge on any atom is 0.273 e. The SMILES string of the molecule is CNC(=O)C(=NOC)c1ccccc1OCC=C(Cl)Cl. The Labute approximate surface area is 127 Å². The minimum absolute atomic E-state index is 0.111. The molecular formula is C13H14Cl2N2O3. The lowest BCUT2D eigenvalue weighted by atomic mass is 10.1. The molecule has 0 aliphatic rings. The Morgan fingerprint density at radius 1 is 1.40 bits per heavy atom. The van der Waals surface area contributed by atoms with Crippen molar-refractivity contribution < 1.29 is 14.4 Å². The topological polar surface area (TPSA) is 59.9 Å². The van der Waals surface area contributed by atoms with Crippen LogP contribution in [0.25, 0.3) is 0 Å². The molecule has 1 rings (SSSR count). The highest BCUT2D eigenvalue weighted by Gasteiger charge is 2.17. The van der Waals surface area contributed by atoms with E-state index in [4.69, 9.17) is 32.8 Å². The minimum atomic E-state index is -0.381. The third-order valence-corrected chi connectivity index (χ3v) is 2.55. The Bertz CT molecular complexity index is 526. The number of carbonyl (C=O) groups excluding carboxylic acids is 1. The summed E-state index contributed by atoms with van der Waals surface area (Å²) in [6, 6.07) is 6.95. The number of benzene rings is 1. The van der Waals surface area contributed by atoms with Crippen molar-refractivity contribution in [3.63, 3.8) is 0 Å². The van der Waals surface area contributed by atoms with Crippen LogP contribution in [0.5, 0.6) is 5.75 Å². The molecule has 1 aromatic carbocycles. The fourth-order valence-electron chi connectivity index (χ4n) is 1.41. The summed E-state index contributed by atoms with van der Waals surface area (Å²) in [5, 5.41) is 6.22. The number of para-hydroxylation sites is 1. The van der Waals surface area contributed by atoms with Gasteiger partial charge in [-0.05, 0) is 18.2 Å². The van der Waals surface area contributed by atoms with E-state index in [9.17, 15) is 4.79 Å². The molecule has 0 bridgehead atoms. The van der Waals surface area contributed by atoms with Crippen molar-refractivity contribution in [2.24, 2.45) is 5.16 Å². The first kappa shape index (κ1) is 16.3. The van der Waals surface area contributed by atoms with E-state index in [1.54, 1.807) is 24.3 Å². The van der Waals surface area contributed by atoms with Gasteiger partial charge in [-0.1, -0.05) is 40.5 Å². The average molecular weight is 317 g/mol. The third-order valence-electron chi connectivity index (χ3n) is 2.24. The second-order valence-electron chi connectivity index (χ2n) is 3.50. The highest BCUT2D eigenvalue weighted by Crippen LogP contribution is 2.20. The van der Waals surface area contributed by atoms with Crippen LogP contribution in [0.15, 0.2) is 40.0 Å². The highest BCUT2D eigenvalue weighted by molar-refractivity contribution is 6.55. The highest BCUT2D eigenvalue weighted by atomic mass is 35.5. The van der Waals surface area contributed by atoms with Crippen LogP contribution in [0.1, 0.15) is 5.56 Å². The van der Waals surface area contributed by atoms with Crippen molar-refractivity contribution >= 4 is 34.8 Å². The molecule has 1 amide bonds. The van der Waals surface area contributed by atoms with Crippen molar-refractivity contribution in [2.75, 3.05) is 20.8 Å². The molecule has 7 heteroatoms. The van der Waals surface area contributed by atoms with Gasteiger partial charge in [0, 0.05) is 7.05 Å². The van der Waals surface area contributed by atoms with Crippen LogP contribution in [-0.2, 0) is 9.63 Å². The number of ether oxygens (including phenoxy) is 1. The number of oxime groups is 1. The number of halogens is 2. The van der Waals surface area contributed by atoms with Gasteiger partial charge in [0.25, 0.3) is 5.91 Å². The van der Waals surface area contributed by atoms with Gasteiger partial charge >= 0.3 is 0 Å². The summed E-state index contributed by atoms with van der Waals surface area (Å²) in [4.78, 5) is 16.5. The number of likely N-dealkylation sites (N-methyl/N-ethyl adjacent to an activating group) is 1. The van der Waals surface area contributed by atoms with Gasteiger partial charge in [0.15, 0.2) is 5.71 Å². The maximum absolute atomic E-state index is 11.8. The quantitative estimate of drug-likeness (QED) is 0.648. The number of nitrogens with zero attached hydrogens (tertiary/aromatic N) is 1. The van der Waals surface area contributed by atoms with Crippen molar-refractivity contribution in [3.8, 4) is 5.75 Å². The predicted octanol–water partition coefficient (Wildman–Crippen LogP) is 2.48. The molecule has 1 N–H and O–H groups in total. The van der Waals surface area contributed by atoms with E-state index in [1.165, 1.54) is 20.2 Å². The lowest BCUT2D eigenvalue weighted by Gasteiger charge is -2.11. The molecule has 0 aliphatic carbocycles. The van der Waals surface area contributed by atoms with Crippen LogP contribution in [0, 0.1) is 0 Å². The largest absolute Gasteiger partial charge is 0.489 e. The van der Waals surface area contributed by atoms with Gasteiger partial charge in [0.1, 0.15) is 24.0 Å². The molecule has 0 fully saturated rings. The van der Waals surface area contributed by atoms with Crippen molar-refractivity contribution in [2.45, 2.75) is 0 Å². The third kappa shape index (κ3) is 4.75. The summed E-state index contributed by atoms with van der Waals surface area (Å²) < 4.78 is 5.62. The number of carbonyl (C=O) groups is 1. The molecule has 0 spiro atoms. The monoisotopic (exact) mass is 316 g/mol. The number of amides is 1. The second kappa shape index (κ2) is 8.45. The number of hydrogen-bond donors (Lipinski definition) is 1. The zero-order valence-electron chi connectivity index (χ0n) is 11.0. The van der Waals surface area contributed by atoms with E-state index in [-0.39, 0.29) is 22.7 Å². The van der Waals surface area contributed by atoms with E-state index in [0.29, 0.717) is 11.3 Å². The van der Waals surface area contributed by atoms with Crippen LogP contribution in [0.3, 0.4) is 0 Å². The van der Waals surface area contributed by atoms with Gasteiger partial charge in [-0.3, -0.25) is 4.79 Å². The molecule has 0 radical (unpaired) electrons. The molecule has 0 unspecified atom stereocenters. The fourth-order valence-corrected chi connectivity index (χ4v) is 1.53. The van der Waals surface area contributed by atoms with Crippen LogP contribution < -0.4 is 10.1 Å². The van der Waals surface area contributed by atoms with Gasteiger partial charge in [0.2, 0.25) is 0 Å². The van der Waals surface area contributed by atoms with Crippen LogP contribution >= 0.6 is 23.2 Å². The van der Waals surface area contributed by atoms with E-state index in [1.807, 2.05) is 0 Å². The second-order valence-corrected chi connectivity index (χ2v) is 4.51. The number of nitrogens with one attached hydrogen (secondary N) is 1. The smallest absolute Gasteiger partial charge is 0.273 e. The minimum Gasteiger partial charge on any atom is -0.489 e. The Morgan fingerprint density at radius 2 is 2.10 bits per heavy atom. The van der Waals surface area contributed by atoms with E-state index in [2.05, 4.69) is 10.5 Å². The normalized spacial score (nSPS) is 10.7. The Hall–Kier alpha value is -1.72. The molecular weight excluding hydrogens is 303 g/mol. The first-order valence-electron chi connectivity index (χ1n) is 5.66. The van der Waals surface area contributed by atoms with Gasteiger partial charge in [-0.15, -0.1) is 0 Å². The number of hydrogen-bond acceptors (Lipinski definition) is 4. The molecule has 0 aromatic heterocycles. The van der Waals surface area contributed by atoms with Gasteiger partial charge < -0.3 is 14.9 Å². The lowest BCUT2D eigenvalue weighted by molar-refractivity contribution is -0.114. The standard InChI is InChI=1S/C13H14Cl2N2O3/c1-16-13(18)12(17-19-2)9-5-3-4-6-10(9)20-8-7-11(14)15/h3-7H,8H2,1-2H3,(H,16,18). The molecule has 5 nitrogen and oxygen atoms in total. The average Bonchev–Trinajstić information content (AvgIpc) is 2.44. The lowest BCUT2D eigenvalue weighted by Crippen LogP contribution is -2.29. The molecule has 1 aromatic rings. The van der Waals surface area contributed by atoms with Crippen molar-refractivity contribution in [1.29, 1.82) is 0 Å². The van der Waals surface area contributed by atoms with E-state index in [0.717, 1.165) is 0 Å². The van der Waals surface area contributed by atoms with Gasteiger partial charge in [0.05, 0.1) is 5.56 Å². The molecule has 0 aliphatic heterocycles.